The Balaban J connectivity index is 2.03. The molecule has 0 radical (unpaired) electrons. The molecule has 1 aromatic carbocycles. The first-order chi connectivity index (χ1) is 10.8. The molecule has 0 unspecified atom stereocenters. The molecule has 0 amide bonds. The van der Waals surface area contributed by atoms with Gasteiger partial charge < -0.3 is 14.4 Å². The highest BCUT2D eigenvalue weighted by Gasteiger charge is 2.30. The highest BCUT2D eigenvalue weighted by molar-refractivity contribution is 5.98. The second kappa shape index (κ2) is 6.55. The minimum Gasteiger partial charge on any atom is -0.475 e. The average Bonchev–Trinajstić information content (AvgIpc) is 2.95. The number of benzene rings is 1. The zero-order chi connectivity index (χ0) is 17.0. The van der Waals surface area contributed by atoms with Crippen LogP contribution in [0.1, 0.15) is 34.4 Å². The lowest BCUT2D eigenvalue weighted by atomic mass is 10.1. The number of hydrogen-bond donors (Lipinski definition) is 1. The lowest BCUT2D eigenvalue weighted by Crippen LogP contribution is -2.06. The van der Waals surface area contributed by atoms with Gasteiger partial charge in [-0.3, -0.25) is 0 Å². The number of aromatic carboxylic acids is 1. The van der Waals surface area contributed by atoms with Crippen molar-refractivity contribution >= 4 is 11.7 Å². The molecule has 2 aromatic rings. The Bertz CT molecular complexity index is 734. The summed E-state index contributed by atoms with van der Waals surface area (Å²) in [7, 11) is 0. The molecule has 0 atom stereocenters. The van der Waals surface area contributed by atoms with Crippen LogP contribution >= 0.6 is 0 Å². The number of halogens is 3. The van der Waals surface area contributed by atoms with Crippen molar-refractivity contribution in [3.05, 3.63) is 59.0 Å². The molecule has 0 bridgehead atoms. The van der Waals surface area contributed by atoms with Gasteiger partial charge >= 0.3 is 12.1 Å². The molecule has 0 saturated carbocycles. The molecule has 1 N–H and O–H groups in total. The van der Waals surface area contributed by atoms with E-state index < -0.39 is 17.7 Å². The molecule has 0 spiro atoms. The van der Waals surface area contributed by atoms with Gasteiger partial charge in [-0.15, -0.1) is 0 Å². The Labute approximate surface area is 129 Å². The van der Waals surface area contributed by atoms with Crippen molar-refractivity contribution in [3.63, 3.8) is 0 Å². The second-order valence-corrected chi connectivity index (χ2v) is 4.60. The van der Waals surface area contributed by atoms with Gasteiger partial charge in [0.25, 0.3) is 0 Å². The molecule has 0 saturated heterocycles. The standard InChI is InChI=1S/C15H12F3NO4/c1-9(10-3-2-4-11(7-10)15(16,17)18)19-22-8-12-5-6-13(23-12)14(20)21/h2-7H,8H2,1H3,(H,20,21). The van der Waals surface area contributed by atoms with E-state index in [0.717, 1.165) is 12.1 Å². The third kappa shape index (κ3) is 4.35. The van der Waals surface area contributed by atoms with E-state index in [1.54, 1.807) is 0 Å². The van der Waals surface area contributed by atoms with Crippen molar-refractivity contribution in [1.29, 1.82) is 0 Å². The van der Waals surface area contributed by atoms with Crippen molar-refractivity contribution in [3.8, 4) is 0 Å². The third-order valence-electron chi connectivity index (χ3n) is 2.89. The van der Waals surface area contributed by atoms with Gasteiger partial charge in [-0.1, -0.05) is 17.3 Å². The zero-order valence-corrected chi connectivity index (χ0v) is 11.9. The van der Waals surface area contributed by atoms with Crippen LogP contribution in [0.4, 0.5) is 13.2 Å². The fourth-order valence-electron chi connectivity index (χ4n) is 1.74. The maximum atomic E-state index is 12.6. The Hall–Kier alpha value is -2.77. The fourth-order valence-corrected chi connectivity index (χ4v) is 1.74. The number of carbonyl (C=O) groups is 1. The number of nitrogens with zero attached hydrogens (tertiary/aromatic N) is 1. The summed E-state index contributed by atoms with van der Waals surface area (Å²) >= 11 is 0. The smallest absolute Gasteiger partial charge is 0.416 e. The summed E-state index contributed by atoms with van der Waals surface area (Å²) in [6.45, 7) is 1.36. The maximum absolute atomic E-state index is 12.6. The molecule has 122 valence electrons. The lowest BCUT2D eigenvalue weighted by Gasteiger charge is -2.08. The normalized spacial score (nSPS) is 12.3. The van der Waals surface area contributed by atoms with Gasteiger partial charge in [0.15, 0.2) is 6.61 Å². The molecule has 23 heavy (non-hydrogen) atoms. The number of furan rings is 1. The third-order valence-corrected chi connectivity index (χ3v) is 2.89. The van der Waals surface area contributed by atoms with Crippen molar-refractivity contribution in [2.24, 2.45) is 5.16 Å². The molecule has 0 aliphatic rings. The van der Waals surface area contributed by atoms with E-state index in [9.17, 15) is 18.0 Å². The quantitative estimate of drug-likeness (QED) is 0.667. The first-order valence-electron chi connectivity index (χ1n) is 6.43. The molecule has 8 heteroatoms. The first-order valence-corrected chi connectivity index (χ1v) is 6.43. The van der Waals surface area contributed by atoms with E-state index in [1.807, 2.05) is 0 Å². The summed E-state index contributed by atoms with van der Waals surface area (Å²) in [6, 6.07) is 7.38. The van der Waals surface area contributed by atoms with Gasteiger partial charge in [0.05, 0.1) is 11.3 Å². The molecule has 0 fully saturated rings. The minimum absolute atomic E-state index is 0.135. The molecule has 1 aromatic heterocycles. The predicted molar refractivity (Wildman–Crippen MR) is 74.1 cm³/mol. The SMILES string of the molecule is CC(=NOCc1ccc(C(=O)O)o1)c1cccc(C(F)(F)F)c1. The van der Waals surface area contributed by atoms with Crippen LogP contribution in [0.5, 0.6) is 0 Å². The number of carboxylic acids is 1. The van der Waals surface area contributed by atoms with Crippen LogP contribution in [-0.4, -0.2) is 16.8 Å². The Morgan fingerprint density at radius 2 is 2.04 bits per heavy atom. The van der Waals surface area contributed by atoms with Crippen LogP contribution in [0.15, 0.2) is 46.0 Å². The molecule has 5 nitrogen and oxygen atoms in total. The summed E-state index contributed by atoms with van der Waals surface area (Å²) in [4.78, 5) is 15.6. The highest BCUT2D eigenvalue weighted by atomic mass is 19.4. The maximum Gasteiger partial charge on any atom is 0.416 e. The van der Waals surface area contributed by atoms with Gasteiger partial charge in [-0.2, -0.15) is 13.2 Å². The Kier molecular flexibility index (Phi) is 4.73. The molecular formula is C15H12F3NO4. The lowest BCUT2D eigenvalue weighted by molar-refractivity contribution is -0.137. The van der Waals surface area contributed by atoms with Gasteiger partial charge in [0.2, 0.25) is 5.76 Å². The van der Waals surface area contributed by atoms with E-state index in [2.05, 4.69) is 5.16 Å². The number of rotatable bonds is 5. The predicted octanol–water partition coefficient (Wildman–Crippen LogP) is 3.94. The largest absolute Gasteiger partial charge is 0.475 e. The topological polar surface area (TPSA) is 72.0 Å². The second-order valence-electron chi connectivity index (χ2n) is 4.60. The number of oxime groups is 1. The Morgan fingerprint density at radius 1 is 1.30 bits per heavy atom. The molecule has 1 heterocycles. The van der Waals surface area contributed by atoms with Crippen LogP contribution in [-0.2, 0) is 17.6 Å². The van der Waals surface area contributed by atoms with E-state index >= 15 is 0 Å². The van der Waals surface area contributed by atoms with Crippen LogP contribution < -0.4 is 0 Å². The van der Waals surface area contributed by atoms with Crippen molar-refractivity contribution in [1.82, 2.24) is 0 Å². The van der Waals surface area contributed by atoms with Crippen LogP contribution in [0.2, 0.25) is 0 Å². The van der Waals surface area contributed by atoms with Gasteiger partial charge in [0, 0.05) is 0 Å². The van der Waals surface area contributed by atoms with Crippen LogP contribution in [0, 0.1) is 0 Å². The summed E-state index contributed by atoms with van der Waals surface area (Å²) in [6.07, 6.45) is -4.43. The Morgan fingerprint density at radius 3 is 2.65 bits per heavy atom. The molecule has 2 rings (SSSR count). The first kappa shape index (κ1) is 16.6. The van der Waals surface area contributed by atoms with E-state index in [1.165, 1.54) is 31.2 Å². The molecule has 0 aliphatic carbocycles. The minimum atomic E-state index is -4.43. The summed E-state index contributed by atoms with van der Waals surface area (Å²) in [5.41, 5.74) is -0.256. The number of alkyl halides is 3. The van der Waals surface area contributed by atoms with Gasteiger partial charge in [-0.05, 0) is 36.8 Å². The molecular weight excluding hydrogens is 315 g/mol. The average molecular weight is 327 g/mol. The summed E-state index contributed by atoms with van der Waals surface area (Å²) < 4.78 is 42.9. The zero-order valence-electron chi connectivity index (χ0n) is 11.9. The monoisotopic (exact) mass is 327 g/mol. The van der Waals surface area contributed by atoms with Crippen LogP contribution in [0.3, 0.4) is 0 Å². The fraction of sp³-hybridized carbons (Fsp3) is 0.200. The van der Waals surface area contributed by atoms with E-state index in [4.69, 9.17) is 14.4 Å². The van der Waals surface area contributed by atoms with Crippen molar-refractivity contribution in [2.45, 2.75) is 19.7 Å². The number of carboxylic acid groups (broad SMARTS) is 1. The van der Waals surface area contributed by atoms with E-state index in [-0.39, 0.29) is 29.4 Å². The number of hydrogen-bond acceptors (Lipinski definition) is 4. The van der Waals surface area contributed by atoms with Crippen molar-refractivity contribution in [2.75, 3.05) is 0 Å². The highest BCUT2D eigenvalue weighted by Crippen LogP contribution is 2.29. The van der Waals surface area contributed by atoms with Gasteiger partial charge in [-0.25, -0.2) is 4.79 Å². The van der Waals surface area contributed by atoms with E-state index in [0.29, 0.717) is 0 Å². The van der Waals surface area contributed by atoms with Crippen LogP contribution in [0.25, 0.3) is 0 Å². The molecule has 0 aliphatic heterocycles. The van der Waals surface area contributed by atoms with Crippen molar-refractivity contribution < 1.29 is 32.3 Å². The summed E-state index contributed by atoms with van der Waals surface area (Å²) in [5.74, 6) is -1.20. The van der Waals surface area contributed by atoms with Gasteiger partial charge in [0.1, 0.15) is 5.76 Å². The summed E-state index contributed by atoms with van der Waals surface area (Å²) in [5, 5.41) is 12.4.